The van der Waals surface area contributed by atoms with Crippen LogP contribution >= 0.6 is 0 Å². The number of hydrogen-bond acceptors (Lipinski definition) is 2. The molecule has 0 unspecified atom stereocenters. The minimum absolute atomic E-state index is 0.403. The van der Waals surface area contributed by atoms with Crippen molar-refractivity contribution in [2.24, 2.45) is 23.7 Å². The highest BCUT2D eigenvalue weighted by atomic mass is 16.2. The van der Waals surface area contributed by atoms with Crippen LogP contribution in [0.1, 0.15) is 33.1 Å². The van der Waals surface area contributed by atoms with Gasteiger partial charge in [0.2, 0.25) is 5.91 Å². The van der Waals surface area contributed by atoms with Crippen LogP contribution < -0.4 is 5.32 Å². The van der Waals surface area contributed by atoms with E-state index in [0.29, 0.717) is 17.9 Å². The first-order chi connectivity index (χ1) is 8.16. The van der Waals surface area contributed by atoms with Gasteiger partial charge in [-0.3, -0.25) is 4.79 Å². The molecule has 1 saturated carbocycles. The van der Waals surface area contributed by atoms with E-state index in [0.717, 1.165) is 37.3 Å². The Kier molecular flexibility index (Phi) is 2.89. The first kappa shape index (κ1) is 11.5. The maximum Gasteiger partial charge on any atom is 0.223 e. The summed E-state index contributed by atoms with van der Waals surface area (Å²) in [6.45, 7) is 7.65. The van der Waals surface area contributed by atoms with Crippen LogP contribution in [0.5, 0.6) is 0 Å². The van der Waals surface area contributed by atoms with Gasteiger partial charge in [-0.2, -0.15) is 0 Å². The molecule has 1 amide bonds. The van der Waals surface area contributed by atoms with Crippen LogP contribution in [0.25, 0.3) is 0 Å². The van der Waals surface area contributed by atoms with E-state index < -0.39 is 0 Å². The SMILES string of the molecule is CC(C)CC(=O)N1C[C@H]2CC[C@H]1[C@H]1CNC[C@H]21. The molecule has 3 nitrogen and oxygen atoms in total. The number of nitrogens with zero attached hydrogens (tertiary/aromatic N) is 1. The molecule has 2 bridgehead atoms. The van der Waals surface area contributed by atoms with Gasteiger partial charge >= 0.3 is 0 Å². The lowest BCUT2D eigenvalue weighted by molar-refractivity contribution is -0.144. The largest absolute Gasteiger partial charge is 0.339 e. The van der Waals surface area contributed by atoms with Crippen LogP contribution in [0.3, 0.4) is 0 Å². The predicted molar refractivity (Wildman–Crippen MR) is 67.5 cm³/mol. The summed E-state index contributed by atoms with van der Waals surface area (Å²) in [5, 5.41) is 3.53. The number of carbonyl (C=O) groups excluding carboxylic acids is 1. The maximum atomic E-state index is 12.3. The fraction of sp³-hybridized carbons (Fsp3) is 0.929. The molecule has 3 aliphatic heterocycles. The average Bonchev–Trinajstić information content (AvgIpc) is 2.79. The van der Waals surface area contributed by atoms with Crippen molar-refractivity contribution in [3.05, 3.63) is 0 Å². The van der Waals surface area contributed by atoms with Crippen molar-refractivity contribution in [2.75, 3.05) is 19.6 Å². The van der Waals surface area contributed by atoms with Crippen molar-refractivity contribution in [3.8, 4) is 0 Å². The molecule has 4 aliphatic rings. The lowest BCUT2D eigenvalue weighted by Crippen LogP contribution is -2.59. The number of fused-ring (bicyclic) bond motifs is 2. The minimum atomic E-state index is 0.403. The standard InChI is InChI=1S/C14H24N2O/c1-9(2)5-14(17)16-8-10-3-4-13(16)12-7-15-6-11(10)12/h9-13,15H,3-8H2,1-2H3/t10-,11-,12+,13+/m1/s1. The molecule has 3 heterocycles. The highest BCUT2D eigenvalue weighted by Gasteiger charge is 2.50. The second kappa shape index (κ2) is 4.27. The molecule has 0 aromatic carbocycles. The minimum Gasteiger partial charge on any atom is -0.339 e. The van der Waals surface area contributed by atoms with Crippen molar-refractivity contribution < 1.29 is 4.79 Å². The van der Waals surface area contributed by atoms with E-state index in [1.165, 1.54) is 19.4 Å². The molecule has 0 aromatic heterocycles. The highest BCUT2D eigenvalue weighted by molar-refractivity contribution is 5.77. The van der Waals surface area contributed by atoms with Gasteiger partial charge in [-0.05, 0) is 43.1 Å². The van der Waals surface area contributed by atoms with E-state index >= 15 is 0 Å². The van der Waals surface area contributed by atoms with E-state index in [2.05, 4.69) is 24.1 Å². The van der Waals surface area contributed by atoms with E-state index in [1.54, 1.807) is 0 Å². The van der Waals surface area contributed by atoms with Crippen LogP contribution in [-0.2, 0) is 4.79 Å². The van der Waals surface area contributed by atoms with Gasteiger partial charge in [0.1, 0.15) is 0 Å². The summed E-state index contributed by atoms with van der Waals surface area (Å²) in [5.74, 6) is 3.27. The third kappa shape index (κ3) is 1.88. The van der Waals surface area contributed by atoms with Crippen molar-refractivity contribution in [3.63, 3.8) is 0 Å². The first-order valence-corrected chi connectivity index (χ1v) is 7.17. The van der Waals surface area contributed by atoms with Gasteiger partial charge in [-0.15, -0.1) is 0 Å². The number of rotatable bonds is 2. The smallest absolute Gasteiger partial charge is 0.223 e. The number of piperidine rings is 2. The molecule has 1 aliphatic carbocycles. The quantitative estimate of drug-likeness (QED) is 0.788. The van der Waals surface area contributed by atoms with Crippen molar-refractivity contribution >= 4 is 5.91 Å². The number of nitrogens with one attached hydrogen (secondary N) is 1. The summed E-state index contributed by atoms with van der Waals surface area (Å²) < 4.78 is 0. The molecule has 4 rings (SSSR count). The van der Waals surface area contributed by atoms with Crippen LogP contribution in [0.15, 0.2) is 0 Å². The van der Waals surface area contributed by atoms with Crippen molar-refractivity contribution in [2.45, 2.75) is 39.2 Å². The number of carbonyl (C=O) groups is 1. The molecule has 17 heavy (non-hydrogen) atoms. The van der Waals surface area contributed by atoms with Gasteiger partial charge in [0.05, 0.1) is 0 Å². The zero-order valence-corrected chi connectivity index (χ0v) is 11.0. The Labute approximate surface area is 104 Å². The molecule has 1 N–H and O–H groups in total. The van der Waals surface area contributed by atoms with Crippen LogP contribution in [0, 0.1) is 23.7 Å². The fourth-order valence-corrected chi connectivity index (χ4v) is 4.22. The summed E-state index contributed by atoms with van der Waals surface area (Å²) >= 11 is 0. The number of amides is 1. The van der Waals surface area contributed by atoms with E-state index in [4.69, 9.17) is 0 Å². The van der Waals surface area contributed by atoms with Gasteiger partial charge in [-0.25, -0.2) is 0 Å². The lowest BCUT2D eigenvalue weighted by atomic mass is 9.66. The Bertz CT molecular complexity index is 315. The number of hydrogen-bond donors (Lipinski definition) is 1. The van der Waals surface area contributed by atoms with Crippen molar-refractivity contribution in [1.82, 2.24) is 10.2 Å². The molecule has 3 saturated heterocycles. The highest BCUT2D eigenvalue weighted by Crippen LogP contribution is 2.45. The fourth-order valence-electron chi connectivity index (χ4n) is 4.22. The monoisotopic (exact) mass is 236 g/mol. The zero-order valence-electron chi connectivity index (χ0n) is 11.0. The van der Waals surface area contributed by atoms with Crippen LogP contribution in [-0.4, -0.2) is 36.5 Å². The summed E-state index contributed by atoms with van der Waals surface area (Å²) in [6, 6.07) is 0.547. The maximum absolute atomic E-state index is 12.3. The normalized spacial score (nSPS) is 39.8. The second-order valence-corrected chi connectivity index (χ2v) is 6.53. The van der Waals surface area contributed by atoms with Crippen molar-refractivity contribution in [1.29, 1.82) is 0 Å². The zero-order chi connectivity index (χ0) is 12.0. The molecule has 0 spiro atoms. The Hall–Kier alpha value is -0.570. The summed E-state index contributed by atoms with van der Waals surface area (Å²) in [4.78, 5) is 14.5. The molecule has 3 heteroatoms. The van der Waals surface area contributed by atoms with E-state index in [9.17, 15) is 4.79 Å². The van der Waals surface area contributed by atoms with E-state index in [-0.39, 0.29) is 0 Å². The summed E-state index contributed by atoms with van der Waals surface area (Å²) in [5.41, 5.74) is 0. The third-order valence-electron chi connectivity index (χ3n) is 4.98. The Morgan fingerprint density at radius 2 is 2.06 bits per heavy atom. The second-order valence-electron chi connectivity index (χ2n) is 6.53. The molecule has 96 valence electrons. The first-order valence-electron chi connectivity index (χ1n) is 7.17. The van der Waals surface area contributed by atoms with Gasteiger partial charge in [-0.1, -0.05) is 13.8 Å². The van der Waals surface area contributed by atoms with E-state index in [1.807, 2.05) is 0 Å². The Balaban J connectivity index is 1.74. The predicted octanol–water partition coefficient (Wildman–Crippen LogP) is 1.49. The van der Waals surface area contributed by atoms with Crippen LogP contribution in [0.4, 0.5) is 0 Å². The molecule has 0 aromatic rings. The topological polar surface area (TPSA) is 32.3 Å². The molecule has 4 atom stereocenters. The van der Waals surface area contributed by atoms with Gasteiger partial charge < -0.3 is 10.2 Å². The Morgan fingerprint density at radius 3 is 2.82 bits per heavy atom. The van der Waals surface area contributed by atoms with Gasteiger partial charge in [0, 0.05) is 25.6 Å². The molecule has 0 radical (unpaired) electrons. The van der Waals surface area contributed by atoms with Gasteiger partial charge in [0.25, 0.3) is 0 Å². The van der Waals surface area contributed by atoms with Gasteiger partial charge in [0.15, 0.2) is 0 Å². The average molecular weight is 236 g/mol. The molecular formula is C14H24N2O. The van der Waals surface area contributed by atoms with Crippen LogP contribution in [0.2, 0.25) is 0 Å². The lowest BCUT2D eigenvalue weighted by Gasteiger charge is -2.52. The summed E-state index contributed by atoms with van der Waals surface area (Å²) in [6.07, 6.45) is 3.32. The summed E-state index contributed by atoms with van der Waals surface area (Å²) in [7, 11) is 0. The third-order valence-corrected chi connectivity index (χ3v) is 4.98. The molecule has 4 fully saturated rings. The molecular weight excluding hydrogens is 212 g/mol. The Morgan fingerprint density at radius 1 is 1.29 bits per heavy atom.